The molecule has 0 aromatic rings. The van der Waals surface area contributed by atoms with Crippen molar-refractivity contribution in [2.45, 2.75) is 24.4 Å². The minimum Gasteiger partial charge on any atom is -0.306 e. The maximum atomic E-state index is 14.1. The Morgan fingerprint density at radius 3 is 2.62 bits per heavy atom. The minimum absolute atomic E-state index is 0.166. The molecule has 1 aliphatic rings. The van der Waals surface area contributed by atoms with E-state index in [0.717, 1.165) is 6.54 Å². The fourth-order valence-corrected chi connectivity index (χ4v) is 2.08. The van der Waals surface area contributed by atoms with E-state index in [2.05, 4.69) is 17.5 Å². The van der Waals surface area contributed by atoms with Crippen LogP contribution in [0.25, 0.3) is 0 Å². The van der Waals surface area contributed by atoms with Crippen molar-refractivity contribution in [1.82, 2.24) is 9.80 Å². The van der Waals surface area contributed by atoms with E-state index in [1.54, 1.807) is 0 Å². The van der Waals surface area contributed by atoms with Gasteiger partial charge in [0.15, 0.2) is 0 Å². The van der Waals surface area contributed by atoms with Crippen LogP contribution < -0.4 is 0 Å². The average Bonchev–Trinajstić information content (AvgIpc) is 2.29. The number of rotatable bonds is 3. The summed E-state index contributed by atoms with van der Waals surface area (Å²) in [5.41, 5.74) is -1.03. The number of alkyl halides is 1. The molecule has 78 valence electrons. The summed E-state index contributed by atoms with van der Waals surface area (Å²) in [5, 5.41) is 0.166. The van der Waals surface area contributed by atoms with Gasteiger partial charge in [-0.3, -0.25) is 4.90 Å². The zero-order valence-electron chi connectivity index (χ0n) is 8.63. The lowest BCUT2D eigenvalue weighted by Gasteiger charge is -2.25. The molecular formula is C9H19FN2S. The molecule has 0 saturated carbocycles. The smallest absolute Gasteiger partial charge is 0.137 e. The van der Waals surface area contributed by atoms with Crippen molar-refractivity contribution in [3.8, 4) is 0 Å². The summed E-state index contributed by atoms with van der Waals surface area (Å²) in [4.78, 5) is 3.99. The Balaban J connectivity index is 2.46. The monoisotopic (exact) mass is 206 g/mol. The van der Waals surface area contributed by atoms with E-state index < -0.39 is 5.67 Å². The van der Waals surface area contributed by atoms with E-state index in [1.165, 1.54) is 0 Å². The molecule has 0 bridgehead atoms. The molecule has 0 aliphatic carbocycles. The van der Waals surface area contributed by atoms with E-state index in [4.69, 9.17) is 0 Å². The quantitative estimate of drug-likeness (QED) is 0.694. The van der Waals surface area contributed by atoms with Crippen LogP contribution in [0, 0.1) is 0 Å². The van der Waals surface area contributed by atoms with Gasteiger partial charge in [-0.05, 0) is 27.4 Å². The Kier molecular flexibility index (Phi) is 3.60. The molecule has 1 fully saturated rings. The van der Waals surface area contributed by atoms with Crippen molar-refractivity contribution < 1.29 is 4.39 Å². The Morgan fingerprint density at radius 1 is 1.62 bits per heavy atom. The SMILES string of the molecule is CC(S)N1CCC(F)(CN(C)C)C1. The van der Waals surface area contributed by atoms with Crippen molar-refractivity contribution >= 4 is 12.6 Å². The fraction of sp³-hybridized carbons (Fsp3) is 1.00. The minimum atomic E-state index is -1.03. The molecule has 0 amide bonds. The van der Waals surface area contributed by atoms with Crippen LogP contribution in [0.5, 0.6) is 0 Å². The molecule has 2 unspecified atom stereocenters. The third-order valence-corrected chi connectivity index (χ3v) is 2.79. The normalized spacial score (nSPS) is 32.8. The number of halogens is 1. The van der Waals surface area contributed by atoms with Crippen molar-refractivity contribution in [2.24, 2.45) is 0 Å². The third-order valence-electron chi connectivity index (χ3n) is 2.46. The largest absolute Gasteiger partial charge is 0.306 e. The van der Waals surface area contributed by atoms with E-state index in [0.29, 0.717) is 19.5 Å². The van der Waals surface area contributed by atoms with Crippen molar-refractivity contribution in [3.05, 3.63) is 0 Å². The van der Waals surface area contributed by atoms with E-state index in [-0.39, 0.29) is 5.37 Å². The molecule has 0 N–H and O–H groups in total. The highest BCUT2D eigenvalue weighted by Gasteiger charge is 2.39. The van der Waals surface area contributed by atoms with Gasteiger partial charge in [-0.15, -0.1) is 0 Å². The molecule has 2 atom stereocenters. The molecule has 4 heteroatoms. The molecule has 1 aliphatic heterocycles. The fourth-order valence-electron chi connectivity index (χ4n) is 1.88. The highest BCUT2D eigenvalue weighted by molar-refractivity contribution is 7.80. The zero-order valence-corrected chi connectivity index (χ0v) is 9.52. The Morgan fingerprint density at radius 2 is 2.23 bits per heavy atom. The standard InChI is InChI=1S/C9H19FN2S/c1-8(13)12-5-4-9(10,7-12)6-11(2)3/h8,13H,4-7H2,1-3H3. The number of hydrogen-bond donors (Lipinski definition) is 1. The summed E-state index contributed by atoms with van der Waals surface area (Å²) in [6, 6.07) is 0. The second-order valence-corrected chi connectivity index (χ2v) is 4.99. The van der Waals surface area contributed by atoms with Crippen molar-refractivity contribution in [3.63, 3.8) is 0 Å². The first-order chi connectivity index (χ1) is 5.93. The maximum absolute atomic E-state index is 14.1. The van der Waals surface area contributed by atoms with Crippen LogP contribution >= 0.6 is 12.6 Å². The second-order valence-electron chi connectivity index (χ2n) is 4.24. The van der Waals surface area contributed by atoms with Gasteiger partial charge in [0, 0.05) is 19.6 Å². The van der Waals surface area contributed by atoms with Gasteiger partial charge in [0.25, 0.3) is 0 Å². The summed E-state index contributed by atoms with van der Waals surface area (Å²) in [6.45, 7) is 3.86. The van der Waals surface area contributed by atoms with Crippen LogP contribution in [0.2, 0.25) is 0 Å². The van der Waals surface area contributed by atoms with Crippen LogP contribution in [0.15, 0.2) is 0 Å². The molecule has 1 rings (SSSR count). The van der Waals surface area contributed by atoms with Crippen LogP contribution in [0.1, 0.15) is 13.3 Å². The van der Waals surface area contributed by atoms with Gasteiger partial charge < -0.3 is 4.90 Å². The number of hydrogen-bond acceptors (Lipinski definition) is 3. The Labute approximate surface area is 85.5 Å². The van der Waals surface area contributed by atoms with Crippen molar-refractivity contribution in [1.29, 1.82) is 0 Å². The zero-order chi connectivity index (χ0) is 10.1. The van der Waals surface area contributed by atoms with E-state index >= 15 is 0 Å². The molecule has 13 heavy (non-hydrogen) atoms. The van der Waals surface area contributed by atoms with Gasteiger partial charge in [0.2, 0.25) is 0 Å². The Hall–Kier alpha value is 0.200. The van der Waals surface area contributed by atoms with Crippen LogP contribution in [-0.4, -0.2) is 54.6 Å². The van der Waals surface area contributed by atoms with Gasteiger partial charge in [-0.25, -0.2) is 4.39 Å². The molecule has 0 aromatic heterocycles. The van der Waals surface area contributed by atoms with Crippen LogP contribution in [0.4, 0.5) is 4.39 Å². The topological polar surface area (TPSA) is 6.48 Å². The number of likely N-dealkylation sites (tertiary alicyclic amines) is 1. The average molecular weight is 206 g/mol. The van der Waals surface area contributed by atoms with Gasteiger partial charge in [0.05, 0.1) is 5.37 Å². The van der Waals surface area contributed by atoms with E-state index in [1.807, 2.05) is 25.9 Å². The third kappa shape index (κ3) is 3.11. The summed E-state index contributed by atoms with van der Waals surface area (Å²) in [5.74, 6) is 0. The molecule has 1 saturated heterocycles. The van der Waals surface area contributed by atoms with Crippen LogP contribution in [0.3, 0.4) is 0 Å². The van der Waals surface area contributed by atoms with Crippen LogP contribution in [-0.2, 0) is 0 Å². The van der Waals surface area contributed by atoms with Crippen molar-refractivity contribution in [2.75, 3.05) is 33.7 Å². The molecule has 2 nitrogen and oxygen atoms in total. The lowest BCUT2D eigenvalue weighted by atomic mass is 10.1. The summed E-state index contributed by atoms with van der Waals surface area (Å²) in [7, 11) is 3.82. The molecule has 1 heterocycles. The molecular weight excluding hydrogens is 187 g/mol. The van der Waals surface area contributed by atoms with Gasteiger partial charge in [0.1, 0.15) is 5.67 Å². The highest BCUT2D eigenvalue weighted by Crippen LogP contribution is 2.28. The molecule has 0 aromatic carbocycles. The van der Waals surface area contributed by atoms with Gasteiger partial charge in [-0.2, -0.15) is 12.6 Å². The summed E-state index contributed by atoms with van der Waals surface area (Å²) < 4.78 is 14.1. The highest BCUT2D eigenvalue weighted by atomic mass is 32.1. The predicted octanol–water partition coefficient (Wildman–Crippen LogP) is 1.24. The number of nitrogens with zero attached hydrogens (tertiary/aromatic N) is 2. The first-order valence-corrected chi connectivity index (χ1v) is 5.20. The Bertz CT molecular complexity index is 175. The summed E-state index contributed by atoms with van der Waals surface area (Å²) >= 11 is 4.31. The predicted molar refractivity (Wildman–Crippen MR) is 57.0 cm³/mol. The lowest BCUT2D eigenvalue weighted by molar-refractivity contribution is 0.122. The molecule has 0 radical (unpaired) electrons. The lowest BCUT2D eigenvalue weighted by Crippen LogP contribution is -2.39. The number of thiol groups is 1. The van der Waals surface area contributed by atoms with Gasteiger partial charge >= 0.3 is 0 Å². The molecule has 0 spiro atoms. The maximum Gasteiger partial charge on any atom is 0.137 e. The van der Waals surface area contributed by atoms with Gasteiger partial charge in [-0.1, -0.05) is 0 Å². The van der Waals surface area contributed by atoms with E-state index in [9.17, 15) is 4.39 Å². The first-order valence-electron chi connectivity index (χ1n) is 4.69. The second kappa shape index (κ2) is 4.15. The summed E-state index contributed by atoms with van der Waals surface area (Å²) in [6.07, 6.45) is 0.635. The first kappa shape index (κ1) is 11.3.